The third-order valence-corrected chi connectivity index (χ3v) is 5.20. The molecular formula is C25H28N4O2. The monoisotopic (exact) mass is 416 g/mol. The number of benzene rings is 3. The van der Waals surface area contributed by atoms with Gasteiger partial charge in [0.25, 0.3) is 5.91 Å². The first-order chi connectivity index (χ1) is 15.0. The predicted molar refractivity (Wildman–Crippen MR) is 127 cm³/mol. The van der Waals surface area contributed by atoms with E-state index >= 15 is 0 Å². The third kappa shape index (κ3) is 5.85. The number of hydrogen-bond donors (Lipinski definition) is 2. The molecule has 3 aromatic rings. The molecule has 0 aromatic heterocycles. The van der Waals surface area contributed by atoms with E-state index in [9.17, 15) is 9.59 Å². The minimum Gasteiger partial charge on any atom is -0.370 e. The van der Waals surface area contributed by atoms with Gasteiger partial charge in [-0.3, -0.25) is 4.79 Å². The number of anilines is 3. The molecule has 0 saturated heterocycles. The van der Waals surface area contributed by atoms with E-state index < -0.39 is 0 Å². The van der Waals surface area contributed by atoms with Crippen molar-refractivity contribution < 1.29 is 9.59 Å². The van der Waals surface area contributed by atoms with Crippen molar-refractivity contribution in [2.75, 3.05) is 35.8 Å². The van der Waals surface area contributed by atoms with E-state index in [-0.39, 0.29) is 18.0 Å². The zero-order chi connectivity index (χ0) is 22.2. The summed E-state index contributed by atoms with van der Waals surface area (Å²) in [4.78, 5) is 28.9. The summed E-state index contributed by atoms with van der Waals surface area (Å²) in [6, 6.07) is 26.2. The lowest BCUT2D eigenvalue weighted by molar-refractivity contribution is 0.0993. The largest absolute Gasteiger partial charge is 0.370 e. The summed E-state index contributed by atoms with van der Waals surface area (Å²) in [5, 5.41) is 5.70. The van der Waals surface area contributed by atoms with E-state index in [0.717, 1.165) is 11.4 Å². The molecule has 0 fully saturated rings. The van der Waals surface area contributed by atoms with Crippen LogP contribution in [-0.4, -0.2) is 38.6 Å². The Kier molecular flexibility index (Phi) is 7.27. The Bertz CT molecular complexity index is 1010. The van der Waals surface area contributed by atoms with Gasteiger partial charge in [-0.15, -0.1) is 0 Å². The Balaban J connectivity index is 1.56. The van der Waals surface area contributed by atoms with Gasteiger partial charge in [0, 0.05) is 49.3 Å². The van der Waals surface area contributed by atoms with Crippen molar-refractivity contribution in [2.24, 2.45) is 0 Å². The number of urea groups is 1. The minimum absolute atomic E-state index is 0.112. The number of nitrogens with zero attached hydrogens (tertiary/aromatic N) is 2. The number of likely N-dealkylation sites (N-methyl/N-ethyl adjacent to an activating group) is 1. The Morgan fingerprint density at radius 3 is 2.10 bits per heavy atom. The highest BCUT2D eigenvalue weighted by Gasteiger charge is 2.15. The molecule has 6 nitrogen and oxygen atoms in total. The zero-order valence-corrected chi connectivity index (χ0v) is 18.1. The smallest absolute Gasteiger partial charge is 0.319 e. The molecule has 0 heterocycles. The Morgan fingerprint density at radius 2 is 1.45 bits per heavy atom. The Morgan fingerprint density at radius 1 is 0.839 bits per heavy atom. The van der Waals surface area contributed by atoms with Gasteiger partial charge >= 0.3 is 6.03 Å². The molecule has 0 aliphatic rings. The van der Waals surface area contributed by atoms with Crippen molar-refractivity contribution in [3.05, 3.63) is 90.5 Å². The lowest BCUT2D eigenvalue weighted by atomic mass is 10.1. The van der Waals surface area contributed by atoms with Crippen LogP contribution in [0.4, 0.5) is 21.9 Å². The van der Waals surface area contributed by atoms with Crippen molar-refractivity contribution >= 4 is 29.0 Å². The van der Waals surface area contributed by atoms with Crippen LogP contribution in [0.2, 0.25) is 0 Å². The first kappa shape index (κ1) is 21.9. The van der Waals surface area contributed by atoms with Crippen LogP contribution in [0.3, 0.4) is 0 Å². The van der Waals surface area contributed by atoms with Crippen molar-refractivity contribution in [3.63, 3.8) is 0 Å². The van der Waals surface area contributed by atoms with Gasteiger partial charge in [-0.05, 0) is 49.4 Å². The minimum atomic E-state index is -0.311. The van der Waals surface area contributed by atoms with Gasteiger partial charge in [-0.1, -0.05) is 42.5 Å². The highest BCUT2D eigenvalue weighted by atomic mass is 16.2. The van der Waals surface area contributed by atoms with Crippen LogP contribution in [0.25, 0.3) is 0 Å². The lowest BCUT2D eigenvalue weighted by Gasteiger charge is -2.27. The van der Waals surface area contributed by atoms with Gasteiger partial charge < -0.3 is 20.4 Å². The number of carbonyl (C=O) groups excluding carboxylic acids is 2. The number of carbonyl (C=O) groups is 2. The van der Waals surface area contributed by atoms with Gasteiger partial charge in [-0.25, -0.2) is 4.79 Å². The zero-order valence-electron chi connectivity index (χ0n) is 18.1. The molecule has 0 unspecified atom stereocenters. The maximum absolute atomic E-state index is 12.8. The van der Waals surface area contributed by atoms with Crippen molar-refractivity contribution in [1.82, 2.24) is 5.32 Å². The summed E-state index contributed by atoms with van der Waals surface area (Å²) in [6.45, 7) is 2.53. The molecule has 31 heavy (non-hydrogen) atoms. The predicted octanol–water partition coefficient (Wildman–Crippen LogP) is 4.61. The molecule has 1 atom stereocenters. The molecule has 0 saturated carbocycles. The second-order valence-electron chi connectivity index (χ2n) is 7.41. The SMILES string of the molecule is C[C@@H](CNC(=O)Nc1cccc(C(=O)N(C)c2ccccc2)c1)N(C)c1ccccc1. The van der Waals surface area contributed by atoms with E-state index in [0.29, 0.717) is 17.8 Å². The van der Waals surface area contributed by atoms with Gasteiger partial charge in [0.05, 0.1) is 0 Å². The van der Waals surface area contributed by atoms with Crippen LogP contribution < -0.4 is 20.4 Å². The van der Waals surface area contributed by atoms with E-state index in [1.165, 1.54) is 0 Å². The van der Waals surface area contributed by atoms with Gasteiger partial charge in [0.1, 0.15) is 0 Å². The summed E-state index contributed by atoms with van der Waals surface area (Å²) in [5.74, 6) is -0.145. The molecule has 3 amide bonds. The average molecular weight is 417 g/mol. The normalized spacial score (nSPS) is 11.3. The quantitative estimate of drug-likeness (QED) is 0.591. The van der Waals surface area contributed by atoms with Gasteiger partial charge in [0.2, 0.25) is 0 Å². The van der Waals surface area contributed by atoms with Crippen molar-refractivity contribution in [2.45, 2.75) is 13.0 Å². The highest BCUT2D eigenvalue weighted by Crippen LogP contribution is 2.18. The molecule has 6 heteroatoms. The van der Waals surface area contributed by atoms with Crippen LogP contribution in [0.5, 0.6) is 0 Å². The van der Waals surface area contributed by atoms with Crippen molar-refractivity contribution in [3.8, 4) is 0 Å². The molecule has 3 rings (SSSR count). The second-order valence-corrected chi connectivity index (χ2v) is 7.41. The third-order valence-electron chi connectivity index (χ3n) is 5.20. The molecule has 2 N–H and O–H groups in total. The molecule has 0 radical (unpaired) electrons. The fraction of sp³-hybridized carbons (Fsp3) is 0.200. The van der Waals surface area contributed by atoms with E-state index in [1.54, 1.807) is 36.2 Å². The lowest BCUT2D eigenvalue weighted by Crippen LogP contribution is -2.41. The molecule has 0 aliphatic heterocycles. The number of rotatable bonds is 7. The molecule has 0 bridgehead atoms. The number of nitrogens with one attached hydrogen (secondary N) is 2. The second kappa shape index (κ2) is 10.3. The van der Waals surface area contributed by atoms with Gasteiger partial charge in [-0.2, -0.15) is 0 Å². The standard InChI is InChI=1S/C25H28N4O2/c1-19(28(2)22-13-6-4-7-14-22)18-26-25(31)27-21-12-10-11-20(17-21)24(30)29(3)23-15-8-5-9-16-23/h4-17,19H,18H2,1-3H3,(H2,26,27,31)/t19-/m0/s1. The van der Waals surface area contributed by atoms with Crippen molar-refractivity contribution in [1.29, 1.82) is 0 Å². The molecule has 0 spiro atoms. The fourth-order valence-electron chi connectivity index (χ4n) is 3.16. The maximum Gasteiger partial charge on any atom is 0.319 e. The Labute approximate surface area is 183 Å². The highest BCUT2D eigenvalue weighted by molar-refractivity contribution is 6.06. The van der Waals surface area contributed by atoms with E-state index in [4.69, 9.17) is 0 Å². The van der Waals surface area contributed by atoms with Crippen LogP contribution in [-0.2, 0) is 0 Å². The number of hydrogen-bond acceptors (Lipinski definition) is 3. The molecular weight excluding hydrogens is 388 g/mol. The van der Waals surface area contributed by atoms with E-state index in [1.807, 2.05) is 74.6 Å². The number of amides is 3. The Hall–Kier alpha value is -3.80. The number of para-hydroxylation sites is 2. The molecule has 0 aliphatic carbocycles. The first-order valence-electron chi connectivity index (χ1n) is 10.2. The van der Waals surface area contributed by atoms with Gasteiger partial charge in [0.15, 0.2) is 0 Å². The van der Waals surface area contributed by atoms with Crippen LogP contribution >= 0.6 is 0 Å². The topological polar surface area (TPSA) is 64.7 Å². The average Bonchev–Trinajstić information content (AvgIpc) is 2.82. The first-order valence-corrected chi connectivity index (χ1v) is 10.2. The summed E-state index contributed by atoms with van der Waals surface area (Å²) in [6.07, 6.45) is 0. The summed E-state index contributed by atoms with van der Waals surface area (Å²) in [7, 11) is 3.73. The molecule has 160 valence electrons. The summed E-state index contributed by atoms with van der Waals surface area (Å²) < 4.78 is 0. The fourth-order valence-corrected chi connectivity index (χ4v) is 3.16. The maximum atomic E-state index is 12.8. The van der Waals surface area contributed by atoms with Crippen LogP contribution in [0, 0.1) is 0 Å². The summed E-state index contributed by atoms with van der Waals surface area (Å²) >= 11 is 0. The van der Waals surface area contributed by atoms with Crippen LogP contribution in [0.15, 0.2) is 84.9 Å². The van der Waals surface area contributed by atoms with Crippen LogP contribution in [0.1, 0.15) is 17.3 Å². The summed E-state index contributed by atoms with van der Waals surface area (Å²) in [5.41, 5.74) is 2.96. The molecule has 3 aromatic carbocycles. The van der Waals surface area contributed by atoms with E-state index in [2.05, 4.69) is 15.5 Å².